The number of imidazole rings is 1. The highest BCUT2D eigenvalue weighted by Gasteiger charge is 2.32. The highest BCUT2D eigenvalue weighted by molar-refractivity contribution is 7.98. The van der Waals surface area contributed by atoms with Gasteiger partial charge in [-0.15, -0.1) is 13.2 Å². The maximum atomic E-state index is 12.5. The van der Waals surface area contributed by atoms with Gasteiger partial charge in [-0.25, -0.2) is 4.98 Å². The van der Waals surface area contributed by atoms with Crippen molar-refractivity contribution in [3.05, 3.63) is 41.7 Å². The minimum absolute atomic E-state index is 0.0342. The third-order valence-corrected chi connectivity index (χ3v) is 4.21. The smallest absolute Gasteiger partial charge is 0.493 e. The molecule has 0 atom stereocenters. The molecule has 1 N–H and O–H groups in total. The molecule has 0 fully saturated rings. The van der Waals surface area contributed by atoms with Gasteiger partial charge in [-0.1, -0.05) is 17.8 Å². The van der Waals surface area contributed by atoms with Gasteiger partial charge in [0.1, 0.15) is 0 Å². The van der Waals surface area contributed by atoms with Gasteiger partial charge in [0.25, 0.3) is 0 Å². The van der Waals surface area contributed by atoms with Crippen LogP contribution in [0.1, 0.15) is 11.3 Å². The first-order valence-electron chi connectivity index (χ1n) is 7.22. The summed E-state index contributed by atoms with van der Waals surface area (Å²) in [4.78, 5) is 11.6. The number of hydrogen-bond donors (Lipinski definition) is 1. The zero-order valence-corrected chi connectivity index (χ0v) is 14.2. The molecule has 0 saturated carbocycles. The lowest BCUT2D eigenvalue weighted by Gasteiger charge is -2.12. The SMILES string of the molecule is COc1cc2nc(SCc3ccc(C)cn3)[nH]c2cc1OC(F)(F)F. The van der Waals surface area contributed by atoms with Crippen molar-refractivity contribution in [1.29, 1.82) is 0 Å². The molecule has 0 aliphatic rings. The van der Waals surface area contributed by atoms with Crippen molar-refractivity contribution in [2.24, 2.45) is 0 Å². The number of nitrogens with zero attached hydrogens (tertiary/aromatic N) is 2. The summed E-state index contributed by atoms with van der Waals surface area (Å²) in [5.41, 5.74) is 2.88. The summed E-state index contributed by atoms with van der Waals surface area (Å²) < 4.78 is 46.4. The first kappa shape index (κ1) is 17.4. The van der Waals surface area contributed by atoms with E-state index < -0.39 is 12.1 Å². The molecule has 0 bridgehead atoms. The number of alkyl halides is 3. The number of aromatic amines is 1. The summed E-state index contributed by atoms with van der Waals surface area (Å²) >= 11 is 1.40. The zero-order chi connectivity index (χ0) is 18.0. The number of nitrogens with one attached hydrogen (secondary N) is 1. The quantitative estimate of drug-likeness (QED) is 0.673. The minimum atomic E-state index is -4.80. The summed E-state index contributed by atoms with van der Waals surface area (Å²) in [5.74, 6) is 0.138. The van der Waals surface area contributed by atoms with Crippen molar-refractivity contribution in [3.63, 3.8) is 0 Å². The number of methoxy groups -OCH3 is 1. The third-order valence-electron chi connectivity index (χ3n) is 3.30. The maximum absolute atomic E-state index is 12.5. The largest absolute Gasteiger partial charge is 0.573 e. The number of aromatic nitrogens is 3. The van der Waals surface area contributed by atoms with Crippen molar-refractivity contribution >= 4 is 22.8 Å². The van der Waals surface area contributed by atoms with Crippen LogP contribution < -0.4 is 9.47 Å². The normalized spacial score (nSPS) is 11.7. The summed E-state index contributed by atoms with van der Waals surface area (Å²) in [6.07, 6.45) is -3.02. The molecule has 25 heavy (non-hydrogen) atoms. The molecule has 132 valence electrons. The Morgan fingerprint density at radius 1 is 1.20 bits per heavy atom. The molecule has 2 heterocycles. The summed E-state index contributed by atoms with van der Waals surface area (Å²) in [6, 6.07) is 6.51. The molecular weight excluding hydrogens is 355 g/mol. The molecule has 0 spiro atoms. The van der Waals surface area contributed by atoms with Crippen LogP contribution in [0.5, 0.6) is 11.5 Å². The second-order valence-corrected chi connectivity index (χ2v) is 6.19. The van der Waals surface area contributed by atoms with E-state index in [4.69, 9.17) is 4.74 Å². The van der Waals surface area contributed by atoms with Crippen LogP contribution in [-0.2, 0) is 5.75 Å². The van der Waals surface area contributed by atoms with Crippen LogP contribution in [0.2, 0.25) is 0 Å². The lowest BCUT2D eigenvalue weighted by molar-refractivity contribution is -0.275. The fourth-order valence-corrected chi connectivity index (χ4v) is 2.95. The zero-order valence-electron chi connectivity index (χ0n) is 13.3. The van der Waals surface area contributed by atoms with E-state index in [0.29, 0.717) is 21.9 Å². The monoisotopic (exact) mass is 369 g/mol. The van der Waals surface area contributed by atoms with Gasteiger partial charge in [-0.2, -0.15) is 0 Å². The standard InChI is InChI=1S/C16H14F3N3O2S/c1-9-3-4-10(20-7-9)8-25-15-21-11-5-13(23-2)14(6-12(11)22-15)24-16(17,18)19/h3-7H,8H2,1-2H3,(H,21,22). The highest BCUT2D eigenvalue weighted by Crippen LogP contribution is 2.36. The molecular formula is C16H14F3N3O2S. The highest BCUT2D eigenvalue weighted by atomic mass is 32.2. The number of thioether (sulfide) groups is 1. The van der Waals surface area contributed by atoms with Gasteiger partial charge in [-0.05, 0) is 18.6 Å². The predicted molar refractivity (Wildman–Crippen MR) is 87.9 cm³/mol. The van der Waals surface area contributed by atoms with Gasteiger partial charge < -0.3 is 14.5 Å². The Bertz CT molecular complexity index is 879. The molecule has 0 aliphatic carbocycles. The van der Waals surface area contributed by atoms with Gasteiger partial charge in [0.15, 0.2) is 16.7 Å². The van der Waals surface area contributed by atoms with E-state index in [9.17, 15) is 13.2 Å². The van der Waals surface area contributed by atoms with Crippen LogP contribution in [0, 0.1) is 6.92 Å². The number of benzene rings is 1. The Hall–Kier alpha value is -2.42. The lowest BCUT2D eigenvalue weighted by Crippen LogP contribution is -2.17. The van der Waals surface area contributed by atoms with Crippen molar-refractivity contribution < 1.29 is 22.6 Å². The fraction of sp³-hybridized carbons (Fsp3) is 0.250. The molecule has 0 unspecified atom stereocenters. The molecule has 0 aliphatic heterocycles. The van der Waals surface area contributed by atoms with E-state index in [1.54, 1.807) is 6.20 Å². The van der Waals surface area contributed by atoms with E-state index >= 15 is 0 Å². The van der Waals surface area contributed by atoms with Crippen molar-refractivity contribution in [3.8, 4) is 11.5 Å². The molecule has 2 aromatic heterocycles. The summed E-state index contributed by atoms with van der Waals surface area (Å²) in [6.45, 7) is 1.96. The second kappa shape index (κ2) is 6.83. The van der Waals surface area contributed by atoms with Gasteiger partial charge in [0, 0.05) is 24.1 Å². The van der Waals surface area contributed by atoms with Crippen LogP contribution in [-0.4, -0.2) is 28.4 Å². The molecule has 0 saturated heterocycles. The van der Waals surface area contributed by atoms with Gasteiger partial charge in [0.2, 0.25) is 0 Å². The number of aryl methyl sites for hydroxylation is 1. The van der Waals surface area contributed by atoms with E-state index in [2.05, 4.69) is 19.7 Å². The number of pyridine rings is 1. The van der Waals surface area contributed by atoms with E-state index in [-0.39, 0.29) is 5.75 Å². The van der Waals surface area contributed by atoms with Crippen LogP contribution in [0.3, 0.4) is 0 Å². The van der Waals surface area contributed by atoms with Crippen LogP contribution in [0.25, 0.3) is 11.0 Å². The topological polar surface area (TPSA) is 60.0 Å². The lowest BCUT2D eigenvalue weighted by atomic mass is 10.3. The second-order valence-electron chi connectivity index (χ2n) is 5.23. The summed E-state index contributed by atoms with van der Waals surface area (Å²) in [5, 5.41) is 0.573. The molecule has 1 aromatic carbocycles. The number of hydrogen-bond acceptors (Lipinski definition) is 5. The van der Waals surface area contributed by atoms with Crippen LogP contribution in [0.4, 0.5) is 13.2 Å². The van der Waals surface area contributed by atoms with Crippen molar-refractivity contribution in [1.82, 2.24) is 15.0 Å². The van der Waals surface area contributed by atoms with Crippen molar-refractivity contribution in [2.45, 2.75) is 24.2 Å². The number of H-pyrrole nitrogens is 1. The number of rotatable bonds is 5. The maximum Gasteiger partial charge on any atom is 0.573 e. The summed E-state index contributed by atoms with van der Waals surface area (Å²) in [7, 11) is 1.27. The minimum Gasteiger partial charge on any atom is -0.493 e. The average molecular weight is 369 g/mol. The van der Waals surface area contributed by atoms with E-state index in [0.717, 1.165) is 11.3 Å². The number of halogens is 3. The van der Waals surface area contributed by atoms with Gasteiger partial charge in [-0.3, -0.25) is 4.98 Å². The molecule has 3 aromatic rings. The van der Waals surface area contributed by atoms with Gasteiger partial charge >= 0.3 is 6.36 Å². The Kier molecular flexibility index (Phi) is 4.76. The average Bonchev–Trinajstić information content (AvgIpc) is 2.93. The predicted octanol–water partition coefficient (Wildman–Crippen LogP) is 4.47. The number of fused-ring (bicyclic) bond motifs is 1. The molecule has 0 amide bonds. The Morgan fingerprint density at radius 2 is 2.00 bits per heavy atom. The third kappa shape index (κ3) is 4.36. The van der Waals surface area contributed by atoms with Crippen LogP contribution >= 0.6 is 11.8 Å². The Morgan fingerprint density at radius 3 is 2.64 bits per heavy atom. The Balaban J connectivity index is 1.82. The van der Waals surface area contributed by atoms with Crippen LogP contribution in [0.15, 0.2) is 35.6 Å². The first-order chi connectivity index (χ1) is 11.8. The fourth-order valence-electron chi connectivity index (χ4n) is 2.15. The van der Waals surface area contributed by atoms with E-state index in [1.165, 1.54) is 31.0 Å². The first-order valence-corrected chi connectivity index (χ1v) is 8.20. The molecule has 0 radical (unpaired) electrons. The Labute approximate surface area is 145 Å². The molecule has 3 rings (SSSR count). The van der Waals surface area contributed by atoms with Gasteiger partial charge in [0.05, 0.1) is 23.8 Å². The van der Waals surface area contributed by atoms with Crippen molar-refractivity contribution in [2.75, 3.05) is 7.11 Å². The van der Waals surface area contributed by atoms with E-state index in [1.807, 2.05) is 19.1 Å². The molecule has 9 heteroatoms. The number of ether oxygens (including phenoxy) is 2. The molecule has 5 nitrogen and oxygen atoms in total.